The van der Waals surface area contributed by atoms with Crippen LogP contribution in [0.2, 0.25) is 0 Å². The van der Waals surface area contributed by atoms with Gasteiger partial charge in [-0.3, -0.25) is 4.90 Å². The van der Waals surface area contributed by atoms with Gasteiger partial charge in [0.15, 0.2) is 5.96 Å². The van der Waals surface area contributed by atoms with Gasteiger partial charge in [0.2, 0.25) is 5.88 Å². The van der Waals surface area contributed by atoms with Gasteiger partial charge in [-0.2, -0.15) is 13.2 Å². The number of pyridine rings is 1. The third-order valence-corrected chi connectivity index (χ3v) is 5.68. The fraction of sp³-hybridized carbons (Fsp3) is 0.727. The van der Waals surface area contributed by atoms with Crippen LogP contribution in [0.5, 0.6) is 5.88 Å². The smallest absolute Gasteiger partial charge is 0.401 e. The number of aromatic nitrogens is 1. The highest BCUT2D eigenvalue weighted by atomic mass is 127. The van der Waals surface area contributed by atoms with Crippen LogP contribution < -0.4 is 15.4 Å². The minimum absolute atomic E-state index is 0. The minimum Gasteiger partial charge on any atom is -0.477 e. The van der Waals surface area contributed by atoms with Crippen LogP contribution in [0.15, 0.2) is 23.3 Å². The van der Waals surface area contributed by atoms with Crippen molar-refractivity contribution in [2.75, 3.05) is 39.3 Å². The van der Waals surface area contributed by atoms with Crippen LogP contribution in [-0.4, -0.2) is 61.4 Å². The number of ether oxygens (including phenoxy) is 1. The van der Waals surface area contributed by atoms with Gasteiger partial charge >= 0.3 is 6.18 Å². The highest BCUT2D eigenvalue weighted by Gasteiger charge is 2.32. The lowest BCUT2D eigenvalue weighted by Crippen LogP contribution is -2.41. The quantitative estimate of drug-likeness (QED) is 0.251. The maximum atomic E-state index is 12.5. The Bertz CT molecular complexity index is 707. The second-order valence-corrected chi connectivity index (χ2v) is 8.50. The molecule has 1 aliphatic heterocycles. The molecule has 2 heterocycles. The number of likely N-dealkylation sites (tertiary alicyclic amines) is 1. The number of alkyl halides is 3. The summed E-state index contributed by atoms with van der Waals surface area (Å²) in [5.41, 5.74) is 1.04. The van der Waals surface area contributed by atoms with Crippen LogP contribution in [0.3, 0.4) is 0 Å². The van der Waals surface area contributed by atoms with E-state index in [2.05, 4.69) is 20.6 Å². The van der Waals surface area contributed by atoms with Gasteiger partial charge in [0.05, 0.1) is 19.7 Å². The Morgan fingerprint density at radius 1 is 1.19 bits per heavy atom. The van der Waals surface area contributed by atoms with Crippen molar-refractivity contribution in [3.8, 4) is 5.88 Å². The molecule has 0 atom stereocenters. The molecule has 2 fully saturated rings. The summed E-state index contributed by atoms with van der Waals surface area (Å²) < 4.78 is 43.3. The van der Waals surface area contributed by atoms with Crippen LogP contribution in [0.4, 0.5) is 13.2 Å². The second-order valence-electron chi connectivity index (χ2n) is 8.50. The van der Waals surface area contributed by atoms with E-state index in [9.17, 15) is 13.2 Å². The Labute approximate surface area is 205 Å². The molecule has 1 aromatic rings. The molecule has 2 aliphatic rings. The molecule has 10 heteroatoms. The van der Waals surface area contributed by atoms with Crippen molar-refractivity contribution in [3.63, 3.8) is 0 Å². The lowest BCUT2D eigenvalue weighted by molar-refractivity contribution is -0.148. The molecule has 0 aromatic carbocycles. The Morgan fingerprint density at radius 2 is 1.94 bits per heavy atom. The summed E-state index contributed by atoms with van der Waals surface area (Å²) in [5.74, 6) is 2.53. The highest BCUT2D eigenvalue weighted by molar-refractivity contribution is 14.0. The van der Waals surface area contributed by atoms with Crippen LogP contribution in [0.1, 0.15) is 44.6 Å². The zero-order valence-electron chi connectivity index (χ0n) is 18.7. The molecule has 0 radical (unpaired) electrons. The first-order chi connectivity index (χ1) is 14.9. The molecule has 182 valence electrons. The van der Waals surface area contributed by atoms with E-state index in [1.54, 1.807) is 6.20 Å². The molecule has 0 amide bonds. The fourth-order valence-corrected chi connectivity index (χ4v) is 3.71. The summed E-state index contributed by atoms with van der Waals surface area (Å²) in [6.45, 7) is 5.03. The van der Waals surface area contributed by atoms with Gasteiger partial charge in [-0.15, -0.1) is 24.0 Å². The van der Waals surface area contributed by atoms with E-state index in [0.717, 1.165) is 50.5 Å². The molecule has 0 bridgehead atoms. The summed E-state index contributed by atoms with van der Waals surface area (Å²) in [6.07, 6.45) is 2.68. The summed E-state index contributed by atoms with van der Waals surface area (Å²) >= 11 is 0. The van der Waals surface area contributed by atoms with Crippen molar-refractivity contribution in [1.82, 2.24) is 20.5 Å². The number of halogens is 4. The van der Waals surface area contributed by atoms with Gasteiger partial charge in [-0.25, -0.2) is 9.98 Å². The molecule has 1 saturated heterocycles. The maximum absolute atomic E-state index is 12.5. The predicted octanol–water partition coefficient (Wildman–Crippen LogP) is 4.21. The largest absolute Gasteiger partial charge is 0.477 e. The Kier molecular flexibility index (Phi) is 11.3. The Hall–Kier alpha value is -1.30. The van der Waals surface area contributed by atoms with Gasteiger partial charge in [0, 0.05) is 25.4 Å². The number of nitrogens with zero attached hydrogens (tertiary/aromatic N) is 3. The average molecular weight is 569 g/mol. The molecule has 0 unspecified atom stereocenters. The minimum atomic E-state index is -4.11. The number of piperidine rings is 1. The number of hydrogen-bond donors (Lipinski definition) is 2. The Balaban J connectivity index is 0.00000363. The monoisotopic (exact) mass is 569 g/mol. The first kappa shape index (κ1) is 26.9. The molecule has 1 saturated carbocycles. The molecule has 1 aliphatic carbocycles. The normalized spacial score (nSPS) is 18.2. The molecular weight excluding hydrogens is 534 g/mol. The van der Waals surface area contributed by atoms with E-state index < -0.39 is 12.7 Å². The Morgan fingerprint density at radius 3 is 2.59 bits per heavy atom. The summed E-state index contributed by atoms with van der Waals surface area (Å²) in [4.78, 5) is 10.4. The van der Waals surface area contributed by atoms with Crippen LogP contribution in [0.25, 0.3) is 0 Å². The second kappa shape index (κ2) is 13.4. The van der Waals surface area contributed by atoms with Crippen molar-refractivity contribution in [3.05, 3.63) is 23.9 Å². The van der Waals surface area contributed by atoms with Gasteiger partial charge < -0.3 is 15.4 Å². The number of guanidine groups is 1. The van der Waals surface area contributed by atoms with E-state index >= 15 is 0 Å². The van der Waals surface area contributed by atoms with E-state index in [0.29, 0.717) is 37.4 Å². The standard InChI is InChI=1S/C22H34F3N5O.HI/c1-2-26-21(28-10-5-17-7-11-30(12-8-17)16-22(23,24)25)29-14-19-6-9-27-20(13-19)31-15-18-3-4-18;/h6,9,13,17-18H,2-5,7-8,10-12,14-16H2,1H3,(H2,26,28,29);1H. The maximum Gasteiger partial charge on any atom is 0.401 e. The number of hydrogen-bond acceptors (Lipinski definition) is 4. The average Bonchev–Trinajstić information content (AvgIpc) is 3.56. The highest BCUT2D eigenvalue weighted by Crippen LogP contribution is 2.29. The molecule has 1 aromatic heterocycles. The number of aliphatic imine (C=N–C) groups is 1. The molecule has 0 spiro atoms. The van der Waals surface area contributed by atoms with Gasteiger partial charge in [-0.1, -0.05) is 0 Å². The van der Waals surface area contributed by atoms with E-state index in [1.807, 2.05) is 19.1 Å². The molecule has 6 nitrogen and oxygen atoms in total. The first-order valence-corrected chi connectivity index (χ1v) is 11.3. The zero-order valence-corrected chi connectivity index (χ0v) is 21.0. The molecular formula is C22H35F3IN5O. The number of nitrogens with one attached hydrogen (secondary N) is 2. The van der Waals surface area contributed by atoms with Crippen molar-refractivity contribution >= 4 is 29.9 Å². The zero-order chi connectivity index (χ0) is 22.1. The molecule has 2 N–H and O–H groups in total. The van der Waals surface area contributed by atoms with Crippen molar-refractivity contribution in [2.45, 2.75) is 51.7 Å². The number of rotatable bonds is 10. The SMILES string of the molecule is CCNC(=NCc1ccnc(OCC2CC2)c1)NCCC1CCN(CC(F)(F)F)CC1.I. The predicted molar refractivity (Wildman–Crippen MR) is 131 cm³/mol. The first-order valence-electron chi connectivity index (χ1n) is 11.3. The van der Waals surface area contributed by atoms with Crippen LogP contribution in [-0.2, 0) is 6.54 Å². The van der Waals surface area contributed by atoms with E-state index in [4.69, 9.17) is 4.74 Å². The topological polar surface area (TPSA) is 61.8 Å². The van der Waals surface area contributed by atoms with E-state index in [1.165, 1.54) is 17.7 Å². The van der Waals surface area contributed by atoms with Gasteiger partial charge in [-0.05, 0) is 75.6 Å². The lowest BCUT2D eigenvalue weighted by atomic mass is 9.93. The van der Waals surface area contributed by atoms with E-state index in [-0.39, 0.29) is 24.0 Å². The summed E-state index contributed by atoms with van der Waals surface area (Å²) in [7, 11) is 0. The van der Waals surface area contributed by atoms with Gasteiger partial charge in [0.1, 0.15) is 0 Å². The summed E-state index contributed by atoms with van der Waals surface area (Å²) in [5, 5.41) is 6.59. The third-order valence-electron chi connectivity index (χ3n) is 5.68. The third kappa shape index (κ3) is 10.5. The molecule has 32 heavy (non-hydrogen) atoms. The van der Waals surface area contributed by atoms with Crippen LogP contribution >= 0.6 is 24.0 Å². The fourth-order valence-electron chi connectivity index (χ4n) is 3.71. The van der Waals surface area contributed by atoms with Crippen molar-refractivity contribution in [1.29, 1.82) is 0 Å². The lowest BCUT2D eigenvalue weighted by Gasteiger charge is -2.32. The van der Waals surface area contributed by atoms with Crippen molar-refractivity contribution in [2.24, 2.45) is 16.8 Å². The van der Waals surface area contributed by atoms with Crippen LogP contribution in [0, 0.1) is 11.8 Å². The molecule has 3 rings (SSSR count). The van der Waals surface area contributed by atoms with Gasteiger partial charge in [0.25, 0.3) is 0 Å². The summed E-state index contributed by atoms with van der Waals surface area (Å²) in [6, 6.07) is 3.87. The van der Waals surface area contributed by atoms with Crippen molar-refractivity contribution < 1.29 is 17.9 Å².